The van der Waals surface area contributed by atoms with Crippen LogP contribution < -0.4 is 4.74 Å². The standard InChI is InChI=1S/C31H33F2N5O5S/c1-17-10-23-28(34-12-17)43-31(15-42-16-31)14-37(44(23)41)13-21-11-20(7-6-18(21)2)24(30(4,5)29(39)40)22-8-9-38-26(19(22)3)35-36-27(38)25(32)33/h6-12,24-25H,13-16H2,1-5H3,(H,39,40). The van der Waals surface area contributed by atoms with Gasteiger partial charge in [-0.2, -0.15) is 0 Å². The molecule has 10 nitrogen and oxygen atoms in total. The third kappa shape index (κ3) is 5.11. The largest absolute Gasteiger partial charge is 0.593 e. The number of hydrogen-bond donors (Lipinski definition) is 1. The molecule has 2 aliphatic rings. The quantitative estimate of drug-likeness (QED) is 0.285. The predicted molar refractivity (Wildman–Crippen MR) is 157 cm³/mol. The van der Waals surface area contributed by atoms with E-state index in [-0.39, 0.29) is 5.65 Å². The van der Waals surface area contributed by atoms with E-state index in [1.165, 1.54) is 10.6 Å². The Morgan fingerprint density at radius 1 is 1.18 bits per heavy atom. The maximum Gasteiger partial charge on any atom is 0.310 e. The second kappa shape index (κ2) is 11.1. The normalized spacial score (nSPS) is 19.0. The van der Waals surface area contributed by atoms with E-state index >= 15 is 0 Å². The van der Waals surface area contributed by atoms with Crippen molar-refractivity contribution in [2.24, 2.45) is 5.41 Å². The summed E-state index contributed by atoms with van der Waals surface area (Å²) < 4.78 is 55.9. The van der Waals surface area contributed by atoms with Crippen LogP contribution in [0.15, 0.2) is 47.6 Å². The number of aliphatic carboxylic acids is 1. The Morgan fingerprint density at radius 3 is 2.59 bits per heavy atom. The highest BCUT2D eigenvalue weighted by Gasteiger charge is 2.50. The van der Waals surface area contributed by atoms with Crippen molar-refractivity contribution < 1.29 is 32.7 Å². The SMILES string of the molecule is Cc1cnc2c(c1)[S+]([O-])N(Cc1cc(C(c3ccn4c(C(F)F)nnc4c3C)C(C)(C)C(=O)O)ccc1C)CC1(COC1)O2. The topological polar surface area (TPSA) is 125 Å². The van der Waals surface area contributed by atoms with Gasteiger partial charge in [0.15, 0.2) is 11.2 Å². The van der Waals surface area contributed by atoms with Gasteiger partial charge in [-0.15, -0.1) is 14.5 Å². The van der Waals surface area contributed by atoms with Crippen LogP contribution in [-0.2, 0) is 27.4 Å². The van der Waals surface area contributed by atoms with Crippen molar-refractivity contribution in [1.29, 1.82) is 0 Å². The molecule has 0 radical (unpaired) electrons. The average molecular weight is 626 g/mol. The van der Waals surface area contributed by atoms with E-state index in [0.29, 0.717) is 48.2 Å². The fourth-order valence-electron chi connectivity index (χ4n) is 6.00. The number of aromatic nitrogens is 4. The number of nitrogens with zero attached hydrogens (tertiary/aromatic N) is 5. The molecule has 6 rings (SSSR count). The van der Waals surface area contributed by atoms with Crippen LogP contribution in [0.5, 0.6) is 5.88 Å². The Morgan fingerprint density at radius 2 is 1.93 bits per heavy atom. The van der Waals surface area contributed by atoms with E-state index in [0.717, 1.165) is 22.3 Å². The molecule has 3 aromatic heterocycles. The number of carboxylic acid groups (broad SMARTS) is 1. The number of carboxylic acids is 1. The molecule has 2 unspecified atom stereocenters. The first-order valence-electron chi connectivity index (χ1n) is 14.2. The first-order valence-corrected chi connectivity index (χ1v) is 15.3. The fourth-order valence-corrected chi connectivity index (χ4v) is 7.42. The molecular weight excluding hydrogens is 592 g/mol. The summed E-state index contributed by atoms with van der Waals surface area (Å²) in [5.41, 5.74) is 2.85. The molecule has 1 aromatic carbocycles. The molecule has 232 valence electrons. The van der Waals surface area contributed by atoms with E-state index in [4.69, 9.17) is 9.47 Å². The van der Waals surface area contributed by atoms with Crippen LogP contribution in [0, 0.1) is 26.2 Å². The van der Waals surface area contributed by atoms with E-state index in [1.54, 1.807) is 33.0 Å². The molecule has 2 aliphatic heterocycles. The molecule has 1 fully saturated rings. The molecular formula is C31H33F2N5O5S. The van der Waals surface area contributed by atoms with Gasteiger partial charge >= 0.3 is 5.97 Å². The maximum absolute atomic E-state index is 14.0. The molecule has 44 heavy (non-hydrogen) atoms. The van der Waals surface area contributed by atoms with Crippen LogP contribution in [0.25, 0.3) is 5.65 Å². The monoisotopic (exact) mass is 625 g/mol. The minimum absolute atomic E-state index is 0.242. The van der Waals surface area contributed by atoms with Crippen LogP contribution in [0.4, 0.5) is 8.78 Å². The number of halogens is 2. The highest BCUT2D eigenvalue weighted by molar-refractivity contribution is 7.89. The molecule has 4 aromatic rings. The molecule has 0 bridgehead atoms. The highest BCUT2D eigenvalue weighted by Crippen LogP contribution is 2.44. The van der Waals surface area contributed by atoms with Crippen LogP contribution in [-0.4, -0.2) is 64.9 Å². The second-order valence-electron chi connectivity index (χ2n) is 12.2. The number of carbonyl (C=O) groups is 1. The van der Waals surface area contributed by atoms with E-state index in [2.05, 4.69) is 15.2 Å². The Labute approximate surface area is 256 Å². The van der Waals surface area contributed by atoms with Gasteiger partial charge in [0.25, 0.3) is 12.3 Å². The molecule has 2 atom stereocenters. The van der Waals surface area contributed by atoms with Gasteiger partial charge in [0.05, 0.1) is 43.1 Å². The van der Waals surface area contributed by atoms with Gasteiger partial charge in [0.1, 0.15) is 0 Å². The predicted octanol–water partition coefficient (Wildman–Crippen LogP) is 4.92. The van der Waals surface area contributed by atoms with Crippen LogP contribution in [0.3, 0.4) is 0 Å². The van der Waals surface area contributed by atoms with Crippen molar-refractivity contribution in [2.45, 2.75) is 64.0 Å². The van der Waals surface area contributed by atoms with E-state index in [1.807, 2.05) is 42.4 Å². The summed E-state index contributed by atoms with van der Waals surface area (Å²) in [6.45, 7) is 10.2. The Balaban J connectivity index is 1.43. The number of hydrogen-bond acceptors (Lipinski definition) is 8. The zero-order chi connectivity index (χ0) is 31.6. The van der Waals surface area contributed by atoms with Gasteiger partial charge in [-0.1, -0.05) is 18.2 Å². The van der Waals surface area contributed by atoms with Crippen molar-refractivity contribution >= 4 is 23.0 Å². The molecule has 13 heteroatoms. The minimum Gasteiger partial charge on any atom is -0.593 e. The lowest BCUT2D eigenvalue weighted by Crippen LogP contribution is -2.60. The molecule has 5 heterocycles. The van der Waals surface area contributed by atoms with Gasteiger partial charge < -0.3 is 19.1 Å². The molecule has 0 aliphatic carbocycles. The van der Waals surface area contributed by atoms with Crippen molar-refractivity contribution in [3.63, 3.8) is 0 Å². The van der Waals surface area contributed by atoms with Crippen molar-refractivity contribution in [3.8, 4) is 5.88 Å². The number of rotatable bonds is 7. The third-order valence-corrected chi connectivity index (χ3v) is 10.0. The molecule has 1 N–H and O–H groups in total. The summed E-state index contributed by atoms with van der Waals surface area (Å²) in [5.74, 6) is -1.83. The van der Waals surface area contributed by atoms with Crippen molar-refractivity contribution in [3.05, 3.63) is 81.9 Å². The molecule has 1 spiro atoms. The number of alkyl halides is 2. The lowest BCUT2D eigenvalue weighted by molar-refractivity contribution is -0.166. The van der Waals surface area contributed by atoms with Crippen LogP contribution >= 0.6 is 0 Å². The number of aryl methyl sites for hydroxylation is 3. The zero-order valence-corrected chi connectivity index (χ0v) is 25.8. The first-order chi connectivity index (χ1) is 20.8. The minimum atomic E-state index is -2.81. The van der Waals surface area contributed by atoms with E-state index in [9.17, 15) is 23.2 Å². The average Bonchev–Trinajstić information content (AvgIpc) is 3.35. The first kappa shape index (κ1) is 30.4. The van der Waals surface area contributed by atoms with Crippen molar-refractivity contribution in [2.75, 3.05) is 19.8 Å². The summed E-state index contributed by atoms with van der Waals surface area (Å²) >= 11 is -1.59. The molecule has 0 saturated carbocycles. The zero-order valence-electron chi connectivity index (χ0n) is 25.0. The second-order valence-corrected chi connectivity index (χ2v) is 13.7. The molecule has 0 amide bonds. The van der Waals surface area contributed by atoms with Crippen LogP contribution in [0.2, 0.25) is 0 Å². The van der Waals surface area contributed by atoms with Gasteiger partial charge in [-0.3, -0.25) is 9.20 Å². The van der Waals surface area contributed by atoms with E-state index < -0.39 is 46.5 Å². The van der Waals surface area contributed by atoms with Crippen LogP contribution in [0.1, 0.15) is 65.4 Å². The summed E-state index contributed by atoms with van der Waals surface area (Å²) in [4.78, 5) is 17.6. The Kier molecular flexibility index (Phi) is 7.63. The lowest BCUT2D eigenvalue weighted by Gasteiger charge is -2.40. The highest BCUT2D eigenvalue weighted by atomic mass is 32.2. The molecule has 1 saturated heterocycles. The van der Waals surface area contributed by atoms with Gasteiger partial charge in [-0.05, 0) is 74.1 Å². The number of ether oxygens (including phenoxy) is 2. The summed E-state index contributed by atoms with van der Waals surface area (Å²) in [5, 5.41) is 18.0. The number of pyridine rings is 2. The summed E-state index contributed by atoms with van der Waals surface area (Å²) in [6.07, 6.45) is 0.338. The maximum atomic E-state index is 14.0. The van der Waals surface area contributed by atoms with Gasteiger partial charge in [0.2, 0.25) is 10.7 Å². The number of fused-ring (bicyclic) bond motifs is 2. The smallest absolute Gasteiger partial charge is 0.310 e. The fraction of sp³-hybridized carbons (Fsp3) is 0.419. The van der Waals surface area contributed by atoms with Crippen molar-refractivity contribution in [1.82, 2.24) is 23.9 Å². The summed E-state index contributed by atoms with van der Waals surface area (Å²) in [6, 6.07) is 9.25. The summed E-state index contributed by atoms with van der Waals surface area (Å²) in [7, 11) is 0. The third-order valence-electron chi connectivity index (χ3n) is 8.61. The lowest BCUT2D eigenvalue weighted by atomic mass is 9.70. The Hall–Kier alpha value is -3.65. The Bertz CT molecular complexity index is 1760. The van der Waals surface area contributed by atoms with Gasteiger partial charge in [0, 0.05) is 24.4 Å². The number of benzene rings is 1. The van der Waals surface area contributed by atoms with Gasteiger partial charge in [-0.25, -0.2) is 13.8 Å².